The molecular weight excluding hydrogens is 657 g/mol. The van der Waals surface area contributed by atoms with Gasteiger partial charge in [-0.3, -0.25) is 9.59 Å². The van der Waals surface area contributed by atoms with Crippen molar-refractivity contribution in [2.45, 2.75) is 49.1 Å². The molecule has 2 atom stereocenters. The second-order valence-corrected chi connectivity index (χ2v) is 14.1. The van der Waals surface area contributed by atoms with Crippen molar-refractivity contribution < 1.29 is 42.7 Å². The Bertz CT molecular complexity index is 1660. The molecule has 2 aromatic carbocycles. The molecule has 14 heteroatoms. The number of ether oxygens (including phenoxy) is 3. The van der Waals surface area contributed by atoms with Crippen molar-refractivity contribution in [2.24, 2.45) is 5.92 Å². The molecule has 3 aromatic rings. The van der Waals surface area contributed by atoms with E-state index >= 15 is 0 Å². The number of amides is 1. The maximum Gasteiger partial charge on any atom is 0.325 e. The van der Waals surface area contributed by atoms with Gasteiger partial charge in [0, 0.05) is 38.2 Å². The highest BCUT2D eigenvalue weighted by Crippen LogP contribution is 2.38. The van der Waals surface area contributed by atoms with Crippen LogP contribution in [-0.4, -0.2) is 75.4 Å². The van der Waals surface area contributed by atoms with Gasteiger partial charge in [-0.05, 0) is 67.5 Å². The summed E-state index contributed by atoms with van der Waals surface area (Å²) in [5.74, 6) is 0.523. The van der Waals surface area contributed by atoms with E-state index in [0.717, 1.165) is 17.1 Å². The minimum atomic E-state index is -4.13. The molecule has 1 saturated carbocycles. The summed E-state index contributed by atoms with van der Waals surface area (Å²) >= 11 is 13.0. The minimum Gasteiger partial charge on any atom is -0.870 e. The van der Waals surface area contributed by atoms with Crippen LogP contribution in [0.1, 0.15) is 53.3 Å². The van der Waals surface area contributed by atoms with Crippen molar-refractivity contribution in [2.75, 3.05) is 34.4 Å². The summed E-state index contributed by atoms with van der Waals surface area (Å²) in [5.41, 5.74) is 1.40. The fraction of sp³-hybridized carbons (Fsp3) is 0.406. The van der Waals surface area contributed by atoms with Crippen LogP contribution in [0.2, 0.25) is 10.0 Å². The summed E-state index contributed by atoms with van der Waals surface area (Å²) in [6.45, 7) is 0.680. The van der Waals surface area contributed by atoms with Crippen molar-refractivity contribution in [1.29, 1.82) is 0 Å². The zero-order valence-electron chi connectivity index (χ0n) is 25.7. The predicted molar refractivity (Wildman–Crippen MR) is 170 cm³/mol. The Kier molecular flexibility index (Phi) is 11.5. The maximum absolute atomic E-state index is 13.9. The van der Waals surface area contributed by atoms with E-state index in [1.807, 2.05) is 0 Å². The van der Waals surface area contributed by atoms with E-state index in [2.05, 4.69) is 4.98 Å². The highest BCUT2D eigenvalue weighted by molar-refractivity contribution is 7.89. The van der Waals surface area contributed by atoms with E-state index in [1.54, 1.807) is 57.9 Å². The van der Waals surface area contributed by atoms with Gasteiger partial charge in [-0.15, -0.1) is 0 Å². The summed E-state index contributed by atoms with van der Waals surface area (Å²) < 4.78 is 46.4. The first-order chi connectivity index (χ1) is 21.5. The van der Waals surface area contributed by atoms with E-state index in [-0.39, 0.29) is 41.2 Å². The number of benzene rings is 2. The number of carbonyl (C=O) groups is 2. The van der Waals surface area contributed by atoms with Gasteiger partial charge in [0.2, 0.25) is 10.0 Å². The molecule has 0 spiro atoms. The molecule has 2 aliphatic rings. The van der Waals surface area contributed by atoms with E-state index < -0.39 is 28.1 Å². The van der Waals surface area contributed by atoms with Gasteiger partial charge >= 0.3 is 5.97 Å². The normalized spacial score (nSPS) is 17.1. The number of hydrogen-bond acceptors (Lipinski definition) is 8. The summed E-state index contributed by atoms with van der Waals surface area (Å²) in [4.78, 5) is 30.5. The van der Waals surface area contributed by atoms with Gasteiger partial charge in [0.1, 0.15) is 22.2 Å². The number of carbonyl (C=O) groups excluding carboxylic acids is 2. The first-order valence-electron chi connectivity index (χ1n) is 14.7. The number of rotatable bonds is 12. The van der Waals surface area contributed by atoms with Gasteiger partial charge in [-0.1, -0.05) is 35.3 Å². The van der Waals surface area contributed by atoms with Crippen LogP contribution in [0.3, 0.4) is 0 Å². The van der Waals surface area contributed by atoms with Crippen molar-refractivity contribution in [3.8, 4) is 11.5 Å². The smallest absolute Gasteiger partial charge is 0.325 e. The Morgan fingerprint density at radius 3 is 2.41 bits per heavy atom. The van der Waals surface area contributed by atoms with Crippen molar-refractivity contribution in [3.63, 3.8) is 0 Å². The molecule has 46 heavy (non-hydrogen) atoms. The number of hydrogen-bond donors (Lipinski definition) is 0. The molecule has 1 aliphatic heterocycles. The van der Waals surface area contributed by atoms with Gasteiger partial charge in [0.25, 0.3) is 5.91 Å². The van der Waals surface area contributed by atoms with Crippen molar-refractivity contribution in [1.82, 2.24) is 9.21 Å². The monoisotopic (exact) mass is 693 g/mol. The molecule has 2 fully saturated rings. The number of methoxy groups -OCH3 is 1. The molecule has 0 radical (unpaired) electrons. The largest absolute Gasteiger partial charge is 0.870 e. The number of esters is 1. The lowest BCUT2D eigenvalue weighted by Gasteiger charge is -2.26. The third-order valence-corrected chi connectivity index (χ3v) is 10.5. The second kappa shape index (κ2) is 15.0. The lowest BCUT2D eigenvalue weighted by Crippen LogP contribution is -2.42. The van der Waals surface area contributed by atoms with Crippen LogP contribution in [0.15, 0.2) is 59.8 Å². The molecule has 1 aromatic heterocycles. The van der Waals surface area contributed by atoms with Crippen LogP contribution in [0.25, 0.3) is 0 Å². The zero-order valence-corrected chi connectivity index (χ0v) is 28.1. The number of nitrogens with one attached hydrogen (secondary N) is 1. The Morgan fingerprint density at radius 2 is 1.76 bits per heavy atom. The van der Waals surface area contributed by atoms with Crippen LogP contribution in [0, 0.1) is 5.92 Å². The summed E-state index contributed by atoms with van der Waals surface area (Å²) in [6.07, 6.45) is 5.38. The number of halogens is 2. The number of aromatic nitrogens is 1. The lowest BCUT2D eigenvalue weighted by atomic mass is 10.0. The Hall–Kier alpha value is -3.42. The fourth-order valence-electron chi connectivity index (χ4n) is 5.25. The van der Waals surface area contributed by atoms with E-state index in [4.69, 9.17) is 37.4 Å². The standard InChI is InChI=1S/C32H35Cl2N3O7S.H2O/c1-36(2)31(38)22-6-4-7-23(14-22)45(40,41)37-13-5-8-27(37)32(39)44-29(16-24-25(33)17-35-18-26(24)34)21-11-12-28(42-3)30(15-21)43-19-20-9-10-20;/h4,6-7,11-12,14-15,17-18,20,27,29H,5,8-10,13,16,19H2,1-3H3;1H2/t27-,29-;/m0./s1. The van der Waals surface area contributed by atoms with Gasteiger partial charge in [0.15, 0.2) is 23.9 Å². The fourth-order valence-corrected chi connectivity index (χ4v) is 7.47. The van der Waals surface area contributed by atoms with Crippen LogP contribution < -0.4 is 14.5 Å². The number of nitrogens with zero attached hydrogens (tertiary/aromatic N) is 2. The average Bonchev–Trinajstić information content (AvgIpc) is 3.72. The quantitative estimate of drug-likeness (QED) is 0.246. The summed E-state index contributed by atoms with van der Waals surface area (Å²) in [5, 5.41) is 0.721. The molecule has 11 nitrogen and oxygen atoms in total. The van der Waals surface area contributed by atoms with Gasteiger partial charge < -0.3 is 24.6 Å². The highest BCUT2D eigenvalue weighted by atomic mass is 35.5. The molecule has 5 rings (SSSR count). The molecule has 0 bridgehead atoms. The number of sulfonamides is 1. The highest BCUT2D eigenvalue weighted by Gasteiger charge is 2.41. The van der Waals surface area contributed by atoms with Crippen molar-refractivity contribution >= 4 is 45.1 Å². The van der Waals surface area contributed by atoms with E-state index in [0.29, 0.717) is 51.6 Å². The number of pyridine rings is 1. The molecular formula is C32H37Cl2N3O8S. The SMILES string of the molecule is COc1ccc([C@H](Cc2c(Cl)c[nH+]cc2Cl)OC(=O)[C@@H]2CCCN2S(=O)(=O)c2cccc(C(=O)N(C)C)c2)cc1OCC1CC1.[OH-]. The number of aromatic amines is 1. The third-order valence-electron chi connectivity index (χ3n) is 7.95. The van der Waals surface area contributed by atoms with Gasteiger partial charge in [-0.2, -0.15) is 4.31 Å². The average molecular weight is 695 g/mol. The van der Waals surface area contributed by atoms with Crippen LogP contribution in [0.4, 0.5) is 0 Å². The van der Waals surface area contributed by atoms with Crippen LogP contribution in [0.5, 0.6) is 11.5 Å². The van der Waals surface area contributed by atoms with Crippen molar-refractivity contribution in [3.05, 3.63) is 81.6 Å². The maximum atomic E-state index is 13.9. The molecule has 0 unspecified atom stereocenters. The Labute approximate surface area is 278 Å². The van der Waals surface area contributed by atoms with Gasteiger partial charge in [-0.25, -0.2) is 13.4 Å². The lowest BCUT2D eigenvalue weighted by molar-refractivity contribution is -0.377. The second-order valence-electron chi connectivity index (χ2n) is 11.4. The minimum absolute atomic E-state index is 0. The third kappa shape index (κ3) is 7.92. The first-order valence-corrected chi connectivity index (χ1v) is 16.9. The van der Waals surface area contributed by atoms with Crippen LogP contribution >= 0.6 is 23.2 Å². The molecule has 1 amide bonds. The molecule has 248 valence electrons. The molecule has 2 N–H and O–H groups in total. The summed E-state index contributed by atoms with van der Waals surface area (Å²) in [6, 6.07) is 10.0. The van der Waals surface area contributed by atoms with E-state index in [1.165, 1.54) is 23.1 Å². The topological polar surface area (TPSA) is 147 Å². The van der Waals surface area contributed by atoms with Gasteiger partial charge in [0.05, 0.1) is 18.6 Å². The Balaban J connectivity index is 0.00000480. The number of H-pyrrole nitrogens is 1. The zero-order chi connectivity index (χ0) is 32.3. The Morgan fingerprint density at radius 1 is 1.04 bits per heavy atom. The van der Waals surface area contributed by atoms with Crippen LogP contribution in [-0.2, 0) is 26.0 Å². The molecule has 1 saturated heterocycles. The van der Waals surface area contributed by atoms with E-state index in [9.17, 15) is 18.0 Å². The predicted octanol–water partition coefficient (Wildman–Crippen LogP) is 4.81. The molecule has 1 aliphatic carbocycles. The first kappa shape index (κ1) is 35.4. The molecule has 2 heterocycles. The summed E-state index contributed by atoms with van der Waals surface area (Å²) in [7, 11) is 0.597.